The smallest absolute Gasteiger partial charge is 0.0813 e. The van der Waals surface area contributed by atoms with Crippen molar-refractivity contribution in [3.63, 3.8) is 0 Å². The van der Waals surface area contributed by atoms with Crippen molar-refractivity contribution in [2.45, 2.75) is 33.1 Å². The van der Waals surface area contributed by atoms with Crippen LogP contribution in [0.1, 0.15) is 38.1 Å². The fourth-order valence-corrected chi connectivity index (χ4v) is 1.12. The SMILES string of the molecule is CCC=Cc1cncc(CCC)n1. The summed E-state index contributed by atoms with van der Waals surface area (Å²) in [5, 5.41) is 0. The lowest BCUT2D eigenvalue weighted by atomic mass is 10.2. The predicted molar refractivity (Wildman–Crippen MR) is 55.4 cm³/mol. The van der Waals surface area contributed by atoms with Crippen molar-refractivity contribution in [1.82, 2.24) is 9.97 Å². The van der Waals surface area contributed by atoms with E-state index in [-0.39, 0.29) is 0 Å². The molecule has 1 aromatic heterocycles. The number of aromatic nitrogens is 2. The van der Waals surface area contributed by atoms with E-state index in [9.17, 15) is 0 Å². The second kappa shape index (κ2) is 5.46. The lowest BCUT2D eigenvalue weighted by Gasteiger charge is -1.97. The van der Waals surface area contributed by atoms with Crippen LogP contribution in [0, 0.1) is 0 Å². The summed E-state index contributed by atoms with van der Waals surface area (Å²) in [7, 11) is 0. The molecule has 0 aliphatic carbocycles. The van der Waals surface area contributed by atoms with E-state index >= 15 is 0 Å². The lowest BCUT2D eigenvalue weighted by Crippen LogP contribution is -1.92. The predicted octanol–water partition coefficient (Wildman–Crippen LogP) is 2.85. The average molecular weight is 176 g/mol. The molecule has 2 heteroatoms. The Morgan fingerprint density at radius 3 is 2.85 bits per heavy atom. The lowest BCUT2D eigenvalue weighted by molar-refractivity contribution is 0.868. The third-order valence-electron chi connectivity index (χ3n) is 1.73. The third-order valence-corrected chi connectivity index (χ3v) is 1.73. The van der Waals surface area contributed by atoms with Crippen LogP contribution in [0.5, 0.6) is 0 Å². The van der Waals surface area contributed by atoms with Crippen molar-refractivity contribution >= 4 is 6.08 Å². The Balaban J connectivity index is 2.73. The molecule has 1 aromatic rings. The Hall–Kier alpha value is -1.18. The maximum Gasteiger partial charge on any atom is 0.0813 e. The summed E-state index contributed by atoms with van der Waals surface area (Å²) in [6.07, 6.45) is 10.9. The van der Waals surface area contributed by atoms with E-state index < -0.39 is 0 Å². The second-order valence-corrected chi connectivity index (χ2v) is 3.00. The molecular formula is C11H16N2. The normalized spacial score (nSPS) is 10.9. The molecule has 0 amide bonds. The first-order valence-electron chi connectivity index (χ1n) is 4.84. The van der Waals surface area contributed by atoms with E-state index in [4.69, 9.17) is 0 Å². The van der Waals surface area contributed by atoms with Crippen LogP contribution in [0.2, 0.25) is 0 Å². The molecule has 1 heterocycles. The van der Waals surface area contributed by atoms with E-state index in [1.165, 1.54) is 0 Å². The zero-order chi connectivity index (χ0) is 9.52. The summed E-state index contributed by atoms with van der Waals surface area (Å²) in [4.78, 5) is 8.59. The van der Waals surface area contributed by atoms with Gasteiger partial charge in [-0.15, -0.1) is 0 Å². The summed E-state index contributed by atoms with van der Waals surface area (Å²) >= 11 is 0. The van der Waals surface area contributed by atoms with Gasteiger partial charge in [-0.25, -0.2) is 0 Å². The first kappa shape index (κ1) is 9.90. The molecule has 0 aliphatic rings. The Morgan fingerprint density at radius 2 is 2.15 bits per heavy atom. The van der Waals surface area contributed by atoms with Crippen LogP contribution >= 0.6 is 0 Å². The number of hydrogen-bond acceptors (Lipinski definition) is 2. The van der Waals surface area contributed by atoms with Gasteiger partial charge in [0.15, 0.2) is 0 Å². The number of rotatable bonds is 4. The van der Waals surface area contributed by atoms with Gasteiger partial charge in [-0.1, -0.05) is 26.3 Å². The van der Waals surface area contributed by atoms with Crippen molar-refractivity contribution in [3.05, 3.63) is 29.9 Å². The summed E-state index contributed by atoms with van der Waals surface area (Å²) in [5.74, 6) is 0. The first-order chi connectivity index (χ1) is 6.36. The minimum atomic E-state index is 0.966. The molecule has 0 bridgehead atoms. The van der Waals surface area contributed by atoms with Gasteiger partial charge >= 0.3 is 0 Å². The fourth-order valence-electron chi connectivity index (χ4n) is 1.12. The van der Waals surface area contributed by atoms with Crippen LogP contribution in [-0.2, 0) is 6.42 Å². The van der Waals surface area contributed by atoms with Crippen LogP contribution in [0.4, 0.5) is 0 Å². The van der Waals surface area contributed by atoms with Crippen molar-refractivity contribution in [2.75, 3.05) is 0 Å². The molecule has 0 aromatic carbocycles. The van der Waals surface area contributed by atoms with Crippen LogP contribution < -0.4 is 0 Å². The zero-order valence-electron chi connectivity index (χ0n) is 8.33. The molecule has 0 fully saturated rings. The first-order valence-corrected chi connectivity index (χ1v) is 4.84. The van der Waals surface area contributed by atoms with E-state index in [2.05, 4.69) is 29.9 Å². The molecule has 0 saturated heterocycles. The van der Waals surface area contributed by atoms with Crippen LogP contribution in [0.3, 0.4) is 0 Å². The summed E-state index contributed by atoms with van der Waals surface area (Å²) in [5.41, 5.74) is 2.05. The van der Waals surface area contributed by atoms with Gasteiger partial charge in [-0.05, 0) is 18.9 Å². The molecule has 0 radical (unpaired) electrons. The maximum absolute atomic E-state index is 4.45. The van der Waals surface area contributed by atoms with E-state index in [1.54, 1.807) is 6.20 Å². The van der Waals surface area contributed by atoms with Gasteiger partial charge in [0, 0.05) is 6.20 Å². The van der Waals surface area contributed by atoms with Crippen molar-refractivity contribution in [2.24, 2.45) is 0 Å². The van der Waals surface area contributed by atoms with Gasteiger partial charge in [-0.3, -0.25) is 9.97 Å². The monoisotopic (exact) mass is 176 g/mol. The molecule has 1 rings (SSSR count). The van der Waals surface area contributed by atoms with Gasteiger partial charge < -0.3 is 0 Å². The number of allylic oxidation sites excluding steroid dienone is 1. The Bertz CT molecular complexity index is 279. The minimum Gasteiger partial charge on any atom is -0.261 e. The molecule has 2 nitrogen and oxygen atoms in total. The highest BCUT2D eigenvalue weighted by Crippen LogP contribution is 2.01. The summed E-state index contributed by atoms with van der Waals surface area (Å²) in [6.45, 7) is 4.26. The molecule has 0 N–H and O–H groups in total. The van der Waals surface area contributed by atoms with Crippen LogP contribution in [0.25, 0.3) is 6.08 Å². The third kappa shape index (κ3) is 3.36. The Morgan fingerprint density at radius 1 is 1.31 bits per heavy atom. The Labute approximate surface area is 79.7 Å². The van der Waals surface area contributed by atoms with Crippen molar-refractivity contribution in [1.29, 1.82) is 0 Å². The average Bonchev–Trinajstić information content (AvgIpc) is 2.16. The van der Waals surface area contributed by atoms with Gasteiger partial charge in [0.05, 0.1) is 17.6 Å². The van der Waals surface area contributed by atoms with E-state index in [1.807, 2.05) is 12.3 Å². The highest BCUT2D eigenvalue weighted by molar-refractivity contribution is 5.42. The van der Waals surface area contributed by atoms with Gasteiger partial charge in [0.2, 0.25) is 0 Å². The molecule has 13 heavy (non-hydrogen) atoms. The molecular weight excluding hydrogens is 160 g/mol. The van der Waals surface area contributed by atoms with Gasteiger partial charge in [-0.2, -0.15) is 0 Å². The molecule has 0 atom stereocenters. The minimum absolute atomic E-state index is 0.966. The second-order valence-electron chi connectivity index (χ2n) is 3.00. The standard InChI is InChI=1S/C11H16N2/c1-3-5-7-11-9-12-8-10(13-11)6-4-2/h5,7-9H,3-4,6H2,1-2H3. The van der Waals surface area contributed by atoms with Gasteiger partial charge in [0.25, 0.3) is 0 Å². The molecule has 0 aliphatic heterocycles. The van der Waals surface area contributed by atoms with E-state index in [0.717, 1.165) is 30.7 Å². The van der Waals surface area contributed by atoms with Crippen LogP contribution in [0.15, 0.2) is 18.5 Å². The number of hydrogen-bond donors (Lipinski definition) is 0. The molecule has 0 unspecified atom stereocenters. The molecule has 70 valence electrons. The number of aryl methyl sites for hydroxylation is 1. The number of nitrogens with zero attached hydrogens (tertiary/aromatic N) is 2. The van der Waals surface area contributed by atoms with Crippen molar-refractivity contribution < 1.29 is 0 Å². The molecule has 0 saturated carbocycles. The maximum atomic E-state index is 4.45. The topological polar surface area (TPSA) is 25.8 Å². The highest BCUT2D eigenvalue weighted by Gasteiger charge is 1.93. The van der Waals surface area contributed by atoms with Crippen molar-refractivity contribution in [3.8, 4) is 0 Å². The highest BCUT2D eigenvalue weighted by atomic mass is 14.8. The summed E-state index contributed by atoms with van der Waals surface area (Å²) in [6, 6.07) is 0. The van der Waals surface area contributed by atoms with Crippen LogP contribution in [-0.4, -0.2) is 9.97 Å². The van der Waals surface area contributed by atoms with E-state index in [0.29, 0.717) is 0 Å². The Kier molecular flexibility index (Phi) is 4.16. The quantitative estimate of drug-likeness (QED) is 0.705. The molecule has 0 spiro atoms. The summed E-state index contributed by atoms with van der Waals surface area (Å²) < 4.78 is 0. The largest absolute Gasteiger partial charge is 0.261 e. The van der Waals surface area contributed by atoms with Gasteiger partial charge in [0.1, 0.15) is 0 Å². The zero-order valence-corrected chi connectivity index (χ0v) is 8.33. The fraction of sp³-hybridized carbons (Fsp3) is 0.455.